The molecule has 15 nitrogen and oxygen atoms in total. The SMILES string of the molecule is COc1cccc(OCCCN)c1-c1cc(Nc2cnc(C#N)cn2)n[nH]1.CS(=O)(=O)O.CS(=O)(=O)O. The van der Waals surface area contributed by atoms with Gasteiger partial charge >= 0.3 is 0 Å². The zero-order valence-corrected chi connectivity index (χ0v) is 21.7. The third kappa shape index (κ3) is 13.7. The molecule has 0 radical (unpaired) electrons. The number of ether oxygens (including phenoxy) is 2. The molecule has 1 aromatic carbocycles. The molecule has 0 fully saturated rings. The van der Waals surface area contributed by atoms with Crippen LogP contribution in [0.3, 0.4) is 0 Å². The number of nitriles is 1. The van der Waals surface area contributed by atoms with Crippen molar-refractivity contribution in [2.24, 2.45) is 5.73 Å². The number of rotatable bonds is 8. The molecule has 2 heterocycles. The number of aromatic amines is 1. The number of H-pyrrole nitrogens is 1. The molecule has 0 bridgehead atoms. The van der Waals surface area contributed by atoms with E-state index in [-0.39, 0.29) is 5.69 Å². The Bertz CT molecular complexity index is 1340. The molecule has 0 aliphatic heterocycles. The number of methoxy groups -OCH3 is 1. The summed E-state index contributed by atoms with van der Waals surface area (Å²) < 4.78 is 63.1. The van der Waals surface area contributed by atoms with E-state index in [1.807, 2.05) is 30.3 Å². The van der Waals surface area contributed by atoms with Gasteiger partial charge < -0.3 is 20.5 Å². The Labute approximate surface area is 214 Å². The third-order valence-electron chi connectivity index (χ3n) is 3.68. The minimum atomic E-state index is -3.67. The summed E-state index contributed by atoms with van der Waals surface area (Å²) in [5.41, 5.74) is 7.27. The summed E-state index contributed by atoms with van der Waals surface area (Å²) in [6.45, 7) is 1.07. The number of nitrogens with one attached hydrogen (secondary N) is 2. The lowest BCUT2D eigenvalue weighted by molar-refractivity contribution is 0.312. The number of aromatic nitrogens is 4. The first-order valence-electron chi connectivity index (χ1n) is 10.1. The molecule has 0 unspecified atom stereocenters. The van der Waals surface area contributed by atoms with Crippen LogP contribution in [-0.4, -0.2) is 78.9 Å². The van der Waals surface area contributed by atoms with Crippen LogP contribution in [0.4, 0.5) is 11.6 Å². The Morgan fingerprint density at radius 2 is 1.70 bits per heavy atom. The van der Waals surface area contributed by atoms with Gasteiger partial charge in [0, 0.05) is 6.07 Å². The average molecular weight is 558 g/mol. The summed E-state index contributed by atoms with van der Waals surface area (Å²) in [6.07, 6.45) is 5.04. The molecule has 0 aliphatic carbocycles. The highest BCUT2D eigenvalue weighted by Crippen LogP contribution is 2.38. The van der Waals surface area contributed by atoms with E-state index < -0.39 is 20.2 Å². The lowest BCUT2D eigenvalue weighted by atomic mass is 10.1. The van der Waals surface area contributed by atoms with Gasteiger partial charge in [-0.3, -0.25) is 14.2 Å². The van der Waals surface area contributed by atoms with Crippen molar-refractivity contribution in [3.8, 4) is 28.8 Å². The third-order valence-corrected chi connectivity index (χ3v) is 3.68. The van der Waals surface area contributed by atoms with Crippen LogP contribution in [0.15, 0.2) is 36.7 Å². The summed E-state index contributed by atoms with van der Waals surface area (Å²) in [4.78, 5) is 8.08. The standard InChI is InChI=1S/C18H19N7O2.2CH4O3S/c1-26-14-4-2-5-15(27-7-3-6-19)18(14)13-8-16(25-24-13)23-17-11-21-12(9-20)10-22-17;2*1-5(2,3)4/h2,4-5,8,10-11H,3,6-7,19H2,1H3,(H2,22,23,24,25);2*1H3,(H,2,3,4). The lowest BCUT2D eigenvalue weighted by Crippen LogP contribution is -2.07. The van der Waals surface area contributed by atoms with Crippen molar-refractivity contribution in [1.29, 1.82) is 5.26 Å². The predicted molar refractivity (Wildman–Crippen MR) is 135 cm³/mol. The maximum Gasteiger partial charge on any atom is 0.261 e. The van der Waals surface area contributed by atoms with Gasteiger partial charge in [0.25, 0.3) is 20.2 Å². The highest BCUT2D eigenvalue weighted by molar-refractivity contribution is 7.85. The largest absolute Gasteiger partial charge is 0.496 e. The van der Waals surface area contributed by atoms with Crippen molar-refractivity contribution in [1.82, 2.24) is 20.2 Å². The van der Waals surface area contributed by atoms with Crippen LogP contribution in [0.2, 0.25) is 0 Å². The minimum Gasteiger partial charge on any atom is -0.496 e. The van der Waals surface area contributed by atoms with Gasteiger partial charge in [0.15, 0.2) is 11.5 Å². The van der Waals surface area contributed by atoms with E-state index in [0.29, 0.717) is 48.8 Å². The Balaban J connectivity index is 0.000000583. The van der Waals surface area contributed by atoms with Gasteiger partial charge in [-0.1, -0.05) is 6.07 Å². The first-order chi connectivity index (χ1) is 17.2. The molecular weight excluding hydrogens is 530 g/mol. The zero-order chi connectivity index (χ0) is 28.1. The van der Waals surface area contributed by atoms with Crippen LogP contribution in [0.1, 0.15) is 12.1 Å². The highest BCUT2D eigenvalue weighted by Gasteiger charge is 2.16. The normalized spacial score (nSPS) is 10.6. The smallest absolute Gasteiger partial charge is 0.261 e. The summed E-state index contributed by atoms with van der Waals surface area (Å²) in [6, 6.07) is 9.32. The first-order valence-corrected chi connectivity index (χ1v) is 13.8. The Hall–Kier alpha value is -3.82. The molecule has 17 heteroatoms. The summed E-state index contributed by atoms with van der Waals surface area (Å²) in [7, 11) is -5.73. The molecule has 3 aromatic rings. The second kappa shape index (κ2) is 14.7. The molecule has 0 atom stereocenters. The number of hydrogen-bond donors (Lipinski definition) is 5. The van der Waals surface area contributed by atoms with E-state index >= 15 is 0 Å². The van der Waals surface area contributed by atoms with Gasteiger partial charge in [-0.2, -0.15) is 27.2 Å². The maximum atomic E-state index is 9.19. The van der Waals surface area contributed by atoms with Crippen molar-refractivity contribution < 1.29 is 35.4 Å². The summed E-state index contributed by atoms with van der Waals surface area (Å²) in [5, 5.41) is 19.0. The summed E-state index contributed by atoms with van der Waals surface area (Å²) >= 11 is 0. The molecule has 0 aliphatic rings. The molecule has 6 N–H and O–H groups in total. The molecular formula is C20H27N7O8S2. The van der Waals surface area contributed by atoms with E-state index in [2.05, 4.69) is 25.5 Å². The van der Waals surface area contributed by atoms with E-state index in [1.165, 1.54) is 12.4 Å². The average Bonchev–Trinajstić information content (AvgIpc) is 3.25. The van der Waals surface area contributed by atoms with Crippen molar-refractivity contribution in [2.45, 2.75) is 6.42 Å². The van der Waals surface area contributed by atoms with Crippen LogP contribution >= 0.6 is 0 Å². The minimum absolute atomic E-state index is 0.247. The molecule has 0 saturated carbocycles. The van der Waals surface area contributed by atoms with Crippen molar-refractivity contribution in [3.05, 3.63) is 42.4 Å². The van der Waals surface area contributed by atoms with Crippen LogP contribution < -0.4 is 20.5 Å². The van der Waals surface area contributed by atoms with Gasteiger partial charge in [0.1, 0.15) is 23.4 Å². The van der Waals surface area contributed by atoms with E-state index in [9.17, 15) is 16.8 Å². The van der Waals surface area contributed by atoms with Gasteiger partial charge in [0.05, 0.1) is 49.9 Å². The molecule has 3 rings (SSSR count). The molecule has 0 saturated heterocycles. The number of anilines is 2. The van der Waals surface area contributed by atoms with E-state index in [1.54, 1.807) is 7.11 Å². The van der Waals surface area contributed by atoms with Crippen molar-refractivity contribution in [3.63, 3.8) is 0 Å². The van der Waals surface area contributed by atoms with Gasteiger partial charge in [-0.25, -0.2) is 9.97 Å². The summed E-state index contributed by atoms with van der Waals surface area (Å²) in [5.74, 6) is 2.36. The lowest BCUT2D eigenvalue weighted by Gasteiger charge is -2.13. The number of benzene rings is 1. The highest BCUT2D eigenvalue weighted by atomic mass is 32.2. The van der Waals surface area contributed by atoms with Crippen LogP contribution in [0.5, 0.6) is 11.5 Å². The van der Waals surface area contributed by atoms with Crippen LogP contribution in [0, 0.1) is 11.3 Å². The maximum absolute atomic E-state index is 9.19. The number of nitrogens with two attached hydrogens (primary N) is 1. The van der Waals surface area contributed by atoms with Crippen LogP contribution in [0.25, 0.3) is 11.3 Å². The Kier molecular flexibility index (Phi) is 12.4. The van der Waals surface area contributed by atoms with E-state index in [0.717, 1.165) is 17.7 Å². The topological polar surface area (TPSA) is 243 Å². The fraction of sp³-hybridized carbons (Fsp3) is 0.300. The molecule has 2 aromatic heterocycles. The van der Waals surface area contributed by atoms with Crippen molar-refractivity contribution in [2.75, 3.05) is 38.1 Å². The van der Waals surface area contributed by atoms with Gasteiger partial charge in [0.2, 0.25) is 0 Å². The second-order valence-corrected chi connectivity index (χ2v) is 9.91. The van der Waals surface area contributed by atoms with E-state index in [4.69, 9.17) is 29.6 Å². The number of nitrogens with zero attached hydrogens (tertiary/aromatic N) is 4. The monoisotopic (exact) mass is 557 g/mol. The fourth-order valence-corrected chi connectivity index (χ4v) is 2.43. The quantitative estimate of drug-likeness (QED) is 0.193. The molecule has 0 spiro atoms. The zero-order valence-electron chi connectivity index (χ0n) is 20.1. The first kappa shape index (κ1) is 31.2. The Morgan fingerprint density at radius 1 is 1.08 bits per heavy atom. The Morgan fingerprint density at radius 3 is 2.22 bits per heavy atom. The number of hydrogen-bond acceptors (Lipinski definition) is 12. The molecule has 37 heavy (non-hydrogen) atoms. The van der Waals surface area contributed by atoms with Gasteiger partial charge in [-0.05, 0) is 25.1 Å². The van der Waals surface area contributed by atoms with Crippen molar-refractivity contribution >= 4 is 31.9 Å². The second-order valence-electron chi connectivity index (χ2n) is 6.98. The van der Waals surface area contributed by atoms with Gasteiger partial charge in [-0.15, -0.1) is 0 Å². The predicted octanol–water partition coefficient (Wildman–Crippen LogP) is 1.23. The fourth-order valence-electron chi connectivity index (χ4n) is 2.43. The molecule has 0 amide bonds. The molecule has 202 valence electrons. The van der Waals surface area contributed by atoms with Crippen LogP contribution in [-0.2, 0) is 20.2 Å².